The number of aliphatic hydroxyl groups is 1. The highest BCUT2D eigenvalue weighted by Crippen LogP contribution is 2.28. The third-order valence-electron chi connectivity index (χ3n) is 2.28. The first-order valence-corrected chi connectivity index (χ1v) is 6.47. The van der Waals surface area contributed by atoms with Gasteiger partial charge in [0.05, 0.1) is 15.7 Å². The predicted octanol–water partition coefficient (Wildman–Crippen LogP) is 3.68. The molecule has 0 aliphatic rings. The molecule has 0 radical (unpaired) electrons. The lowest BCUT2D eigenvalue weighted by molar-refractivity contribution is 0.298. The molecular weight excluding hydrogens is 327 g/mol. The molecular formula is C11H9BrCl2N2O. The lowest BCUT2D eigenvalue weighted by Gasteiger charge is -1.99. The maximum absolute atomic E-state index is 8.90. The van der Waals surface area contributed by atoms with E-state index < -0.39 is 0 Å². The minimum absolute atomic E-state index is 0.0710. The van der Waals surface area contributed by atoms with Crippen molar-refractivity contribution in [1.29, 1.82) is 0 Å². The van der Waals surface area contributed by atoms with Crippen LogP contribution in [-0.4, -0.2) is 21.7 Å². The first kappa shape index (κ1) is 12.9. The van der Waals surface area contributed by atoms with E-state index >= 15 is 0 Å². The van der Waals surface area contributed by atoms with Gasteiger partial charge in [-0.1, -0.05) is 23.2 Å². The van der Waals surface area contributed by atoms with Crippen molar-refractivity contribution in [1.82, 2.24) is 9.97 Å². The van der Waals surface area contributed by atoms with Crippen LogP contribution >= 0.6 is 39.1 Å². The molecule has 1 aromatic carbocycles. The second-order valence-corrected chi connectivity index (χ2v) is 5.02. The van der Waals surface area contributed by atoms with Crippen LogP contribution in [-0.2, 0) is 6.42 Å². The van der Waals surface area contributed by atoms with E-state index in [0.29, 0.717) is 26.9 Å². The van der Waals surface area contributed by atoms with Crippen molar-refractivity contribution in [2.75, 3.05) is 6.61 Å². The highest BCUT2D eigenvalue weighted by Gasteiger charge is 2.10. The van der Waals surface area contributed by atoms with E-state index in [1.807, 2.05) is 6.07 Å². The Morgan fingerprint density at radius 3 is 2.71 bits per heavy atom. The Morgan fingerprint density at radius 1 is 1.29 bits per heavy atom. The lowest BCUT2D eigenvalue weighted by Crippen LogP contribution is -1.91. The molecule has 0 spiro atoms. The van der Waals surface area contributed by atoms with Crippen molar-refractivity contribution in [2.45, 2.75) is 6.42 Å². The SMILES string of the molecule is OCCc1[nH]c(-c2ccc(Cl)c(Cl)c2)nc1Br. The van der Waals surface area contributed by atoms with Crippen molar-refractivity contribution >= 4 is 39.1 Å². The highest BCUT2D eigenvalue weighted by molar-refractivity contribution is 9.10. The van der Waals surface area contributed by atoms with E-state index in [-0.39, 0.29) is 6.61 Å². The normalized spacial score (nSPS) is 10.8. The van der Waals surface area contributed by atoms with Crippen LogP contribution < -0.4 is 0 Å². The topological polar surface area (TPSA) is 48.9 Å². The molecule has 1 aromatic heterocycles. The van der Waals surface area contributed by atoms with E-state index in [4.69, 9.17) is 28.3 Å². The number of nitrogens with one attached hydrogen (secondary N) is 1. The zero-order valence-electron chi connectivity index (χ0n) is 8.67. The van der Waals surface area contributed by atoms with Crippen molar-refractivity contribution in [3.8, 4) is 11.4 Å². The summed E-state index contributed by atoms with van der Waals surface area (Å²) in [5, 5.41) is 9.89. The van der Waals surface area contributed by atoms with Gasteiger partial charge in [0.1, 0.15) is 10.4 Å². The van der Waals surface area contributed by atoms with Crippen molar-refractivity contribution in [2.24, 2.45) is 0 Å². The van der Waals surface area contributed by atoms with Gasteiger partial charge < -0.3 is 10.1 Å². The van der Waals surface area contributed by atoms with Crippen molar-refractivity contribution in [3.63, 3.8) is 0 Å². The highest BCUT2D eigenvalue weighted by atomic mass is 79.9. The Balaban J connectivity index is 2.39. The van der Waals surface area contributed by atoms with Gasteiger partial charge in [0.25, 0.3) is 0 Å². The van der Waals surface area contributed by atoms with E-state index in [1.54, 1.807) is 12.1 Å². The Hall–Kier alpha value is -0.550. The molecule has 17 heavy (non-hydrogen) atoms. The van der Waals surface area contributed by atoms with Gasteiger partial charge >= 0.3 is 0 Å². The molecule has 2 N–H and O–H groups in total. The quantitative estimate of drug-likeness (QED) is 0.898. The molecule has 0 bridgehead atoms. The van der Waals surface area contributed by atoms with Crippen LogP contribution in [0.2, 0.25) is 10.0 Å². The molecule has 0 amide bonds. The number of aromatic nitrogens is 2. The number of aliphatic hydroxyl groups excluding tert-OH is 1. The second-order valence-electron chi connectivity index (χ2n) is 3.46. The minimum Gasteiger partial charge on any atom is -0.396 e. The van der Waals surface area contributed by atoms with Gasteiger partial charge in [-0.05, 0) is 34.1 Å². The molecule has 0 unspecified atom stereocenters. The summed E-state index contributed by atoms with van der Waals surface area (Å²) < 4.78 is 0.702. The maximum Gasteiger partial charge on any atom is 0.138 e. The average Bonchev–Trinajstić information content (AvgIpc) is 2.65. The first-order chi connectivity index (χ1) is 8.11. The Labute approximate surface area is 117 Å². The predicted molar refractivity (Wildman–Crippen MR) is 72.5 cm³/mol. The van der Waals surface area contributed by atoms with Crippen LogP contribution in [0.25, 0.3) is 11.4 Å². The Bertz CT molecular complexity index is 542. The maximum atomic E-state index is 8.90. The number of hydrogen-bond acceptors (Lipinski definition) is 2. The molecule has 0 saturated heterocycles. The number of H-pyrrole nitrogens is 1. The van der Waals surface area contributed by atoms with Gasteiger partial charge in [0.15, 0.2) is 0 Å². The van der Waals surface area contributed by atoms with E-state index in [2.05, 4.69) is 25.9 Å². The van der Waals surface area contributed by atoms with Crippen LogP contribution in [0.1, 0.15) is 5.69 Å². The molecule has 0 aliphatic carbocycles. The number of hydrogen-bond donors (Lipinski definition) is 2. The van der Waals surface area contributed by atoms with Gasteiger partial charge in [-0.25, -0.2) is 4.98 Å². The van der Waals surface area contributed by atoms with E-state index in [9.17, 15) is 0 Å². The minimum atomic E-state index is 0.0710. The zero-order valence-corrected chi connectivity index (χ0v) is 11.8. The summed E-state index contributed by atoms with van der Waals surface area (Å²) in [7, 11) is 0. The van der Waals surface area contributed by atoms with Crippen LogP contribution in [0.15, 0.2) is 22.8 Å². The van der Waals surface area contributed by atoms with Crippen LogP contribution in [0.3, 0.4) is 0 Å². The van der Waals surface area contributed by atoms with E-state index in [1.165, 1.54) is 0 Å². The monoisotopic (exact) mass is 334 g/mol. The van der Waals surface area contributed by atoms with Gasteiger partial charge in [0, 0.05) is 18.6 Å². The molecule has 2 aromatic rings. The summed E-state index contributed by atoms with van der Waals surface area (Å²) >= 11 is 15.1. The van der Waals surface area contributed by atoms with Crippen LogP contribution in [0.5, 0.6) is 0 Å². The number of aromatic amines is 1. The molecule has 0 saturated carbocycles. The van der Waals surface area contributed by atoms with Gasteiger partial charge in [0.2, 0.25) is 0 Å². The summed E-state index contributed by atoms with van der Waals surface area (Å²) in [4.78, 5) is 7.44. The summed E-state index contributed by atoms with van der Waals surface area (Å²) in [5.41, 5.74) is 1.71. The Morgan fingerprint density at radius 2 is 2.06 bits per heavy atom. The van der Waals surface area contributed by atoms with Gasteiger partial charge in [-0.15, -0.1) is 0 Å². The third-order valence-corrected chi connectivity index (χ3v) is 3.68. The fraction of sp³-hybridized carbons (Fsp3) is 0.182. The summed E-state index contributed by atoms with van der Waals surface area (Å²) in [5.74, 6) is 0.693. The number of nitrogens with zero attached hydrogens (tertiary/aromatic N) is 1. The number of halogens is 3. The number of imidazole rings is 1. The summed E-state index contributed by atoms with van der Waals surface area (Å²) in [6.07, 6.45) is 0.523. The number of rotatable bonds is 3. The van der Waals surface area contributed by atoms with Crippen LogP contribution in [0.4, 0.5) is 0 Å². The van der Waals surface area contributed by atoms with Gasteiger partial charge in [-0.3, -0.25) is 0 Å². The molecule has 0 atom stereocenters. The second kappa shape index (κ2) is 5.40. The van der Waals surface area contributed by atoms with Gasteiger partial charge in [-0.2, -0.15) is 0 Å². The largest absolute Gasteiger partial charge is 0.396 e. The van der Waals surface area contributed by atoms with E-state index in [0.717, 1.165) is 11.3 Å². The zero-order chi connectivity index (χ0) is 12.4. The molecule has 0 aliphatic heterocycles. The Kier molecular flexibility index (Phi) is 4.09. The fourth-order valence-corrected chi connectivity index (χ4v) is 2.22. The van der Waals surface area contributed by atoms with Crippen molar-refractivity contribution < 1.29 is 5.11 Å². The van der Waals surface area contributed by atoms with Crippen LogP contribution in [0, 0.1) is 0 Å². The molecule has 6 heteroatoms. The summed E-state index contributed by atoms with van der Waals surface area (Å²) in [6.45, 7) is 0.0710. The standard InChI is InChI=1S/C11H9BrCl2N2O/c12-10-9(3-4-17)15-11(16-10)6-1-2-7(13)8(14)5-6/h1-2,5,17H,3-4H2,(H,15,16). The molecule has 1 heterocycles. The molecule has 0 fully saturated rings. The fourth-order valence-electron chi connectivity index (χ4n) is 1.45. The summed E-state index contributed by atoms with van der Waals surface area (Å²) in [6, 6.07) is 5.31. The third kappa shape index (κ3) is 2.83. The number of benzene rings is 1. The lowest BCUT2D eigenvalue weighted by atomic mass is 10.2. The van der Waals surface area contributed by atoms with Crippen molar-refractivity contribution in [3.05, 3.63) is 38.5 Å². The smallest absolute Gasteiger partial charge is 0.138 e. The molecule has 3 nitrogen and oxygen atoms in total. The average molecular weight is 336 g/mol. The first-order valence-electron chi connectivity index (χ1n) is 4.92. The molecule has 2 rings (SSSR count). The molecule has 90 valence electrons.